The molecule has 1 atom stereocenters. The van der Waals surface area contributed by atoms with E-state index in [2.05, 4.69) is 9.88 Å². The van der Waals surface area contributed by atoms with Crippen molar-refractivity contribution in [2.24, 2.45) is 0 Å². The Hall–Kier alpha value is -1.33. The van der Waals surface area contributed by atoms with Crippen LogP contribution in [0.2, 0.25) is 5.15 Å². The van der Waals surface area contributed by atoms with E-state index in [4.69, 9.17) is 17.3 Å². The summed E-state index contributed by atoms with van der Waals surface area (Å²) in [7, 11) is 0. The lowest BCUT2D eigenvalue weighted by molar-refractivity contribution is 0.0372. The number of fused-ring (bicyclic) bond motifs is 1. The largest absolute Gasteiger partial charge is 0.384 e. The molecule has 3 rings (SSSR count). The van der Waals surface area contributed by atoms with E-state index < -0.39 is 0 Å². The van der Waals surface area contributed by atoms with Crippen molar-refractivity contribution >= 4 is 23.3 Å². The number of carbonyl (C=O) groups is 1. The third-order valence-electron chi connectivity index (χ3n) is 4.19. The molecule has 2 aliphatic heterocycles. The quantitative estimate of drug-likeness (QED) is 0.800. The molecule has 3 heterocycles. The van der Waals surface area contributed by atoms with Crippen molar-refractivity contribution in [1.82, 2.24) is 14.8 Å². The van der Waals surface area contributed by atoms with Crippen molar-refractivity contribution in [3.63, 3.8) is 0 Å². The standard InChI is InChI=1S/C14H19ClN4O/c15-12-7-10(8-13(16)17-12)14(20)19-6-5-18-4-2-1-3-11(18)9-19/h7-8,11H,1-6,9H2,(H2,16,17). The van der Waals surface area contributed by atoms with Crippen molar-refractivity contribution in [2.45, 2.75) is 25.3 Å². The van der Waals surface area contributed by atoms with E-state index in [1.165, 1.54) is 25.8 Å². The van der Waals surface area contributed by atoms with Crippen LogP contribution in [0.25, 0.3) is 0 Å². The van der Waals surface area contributed by atoms with Gasteiger partial charge in [-0.1, -0.05) is 18.0 Å². The minimum atomic E-state index is 0.00576. The van der Waals surface area contributed by atoms with Gasteiger partial charge in [0, 0.05) is 31.2 Å². The molecule has 20 heavy (non-hydrogen) atoms. The van der Waals surface area contributed by atoms with E-state index >= 15 is 0 Å². The summed E-state index contributed by atoms with van der Waals surface area (Å²) in [6, 6.07) is 3.70. The molecule has 2 N–H and O–H groups in total. The molecule has 5 nitrogen and oxygen atoms in total. The molecular formula is C14H19ClN4O. The summed E-state index contributed by atoms with van der Waals surface area (Å²) in [6.07, 6.45) is 3.72. The molecule has 2 saturated heterocycles. The van der Waals surface area contributed by atoms with E-state index in [0.717, 1.165) is 19.6 Å². The van der Waals surface area contributed by atoms with E-state index in [-0.39, 0.29) is 16.9 Å². The molecule has 0 aromatic carbocycles. The summed E-state index contributed by atoms with van der Waals surface area (Å²) < 4.78 is 0. The van der Waals surface area contributed by atoms with E-state index in [9.17, 15) is 4.79 Å². The van der Waals surface area contributed by atoms with Gasteiger partial charge < -0.3 is 10.6 Å². The minimum absolute atomic E-state index is 0.00576. The van der Waals surface area contributed by atoms with Gasteiger partial charge in [-0.2, -0.15) is 0 Å². The zero-order chi connectivity index (χ0) is 14.1. The lowest BCUT2D eigenvalue weighted by Gasteiger charge is -2.44. The first kappa shape index (κ1) is 13.6. The number of anilines is 1. The highest BCUT2D eigenvalue weighted by Crippen LogP contribution is 2.23. The first-order valence-electron chi connectivity index (χ1n) is 7.10. The average Bonchev–Trinajstić information content (AvgIpc) is 2.45. The number of piperazine rings is 1. The Bertz CT molecular complexity index is 502. The van der Waals surface area contributed by atoms with Crippen molar-refractivity contribution in [3.05, 3.63) is 22.8 Å². The number of carbonyl (C=O) groups excluding carboxylic acids is 1. The summed E-state index contributed by atoms with van der Waals surface area (Å²) in [5, 5.41) is 0.268. The highest BCUT2D eigenvalue weighted by Gasteiger charge is 2.31. The monoisotopic (exact) mass is 294 g/mol. The molecule has 1 unspecified atom stereocenters. The first-order valence-corrected chi connectivity index (χ1v) is 7.47. The van der Waals surface area contributed by atoms with Gasteiger partial charge in [-0.3, -0.25) is 9.69 Å². The number of hydrogen-bond acceptors (Lipinski definition) is 4. The maximum Gasteiger partial charge on any atom is 0.254 e. The maximum absolute atomic E-state index is 12.5. The fourth-order valence-electron chi connectivity index (χ4n) is 3.16. The van der Waals surface area contributed by atoms with Crippen LogP contribution in [0.15, 0.2) is 12.1 Å². The van der Waals surface area contributed by atoms with Gasteiger partial charge in [-0.15, -0.1) is 0 Å². The Balaban J connectivity index is 1.74. The van der Waals surface area contributed by atoms with Crippen LogP contribution in [-0.2, 0) is 0 Å². The number of halogens is 1. The highest BCUT2D eigenvalue weighted by molar-refractivity contribution is 6.29. The molecule has 2 aliphatic rings. The molecule has 108 valence electrons. The van der Waals surface area contributed by atoms with E-state index in [0.29, 0.717) is 11.6 Å². The van der Waals surface area contributed by atoms with Gasteiger partial charge in [0.1, 0.15) is 11.0 Å². The van der Waals surface area contributed by atoms with Crippen molar-refractivity contribution in [2.75, 3.05) is 31.9 Å². The number of hydrogen-bond donors (Lipinski definition) is 1. The Labute approximate surface area is 123 Å². The predicted molar refractivity (Wildman–Crippen MR) is 78.8 cm³/mol. The van der Waals surface area contributed by atoms with Crippen LogP contribution in [0.4, 0.5) is 5.82 Å². The molecule has 1 amide bonds. The number of nitrogens with zero attached hydrogens (tertiary/aromatic N) is 3. The Morgan fingerprint density at radius 2 is 2.15 bits per heavy atom. The fourth-order valence-corrected chi connectivity index (χ4v) is 3.38. The van der Waals surface area contributed by atoms with Crippen LogP contribution >= 0.6 is 11.6 Å². The third-order valence-corrected chi connectivity index (χ3v) is 4.38. The number of aromatic nitrogens is 1. The van der Waals surface area contributed by atoms with Crippen LogP contribution in [0.1, 0.15) is 29.6 Å². The molecular weight excluding hydrogens is 276 g/mol. The second-order valence-corrected chi connectivity index (χ2v) is 5.93. The molecule has 2 fully saturated rings. The predicted octanol–water partition coefficient (Wildman–Crippen LogP) is 1.63. The summed E-state index contributed by atoms with van der Waals surface area (Å²) in [4.78, 5) is 20.9. The number of nitrogen functional groups attached to an aromatic ring is 1. The van der Waals surface area contributed by atoms with Crippen molar-refractivity contribution < 1.29 is 4.79 Å². The topological polar surface area (TPSA) is 62.5 Å². The average molecular weight is 295 g/mol. The molecule has 6 heteroatoms. The highest BCUT2D eigenvalue weighted by atomic mass is 35.5. The smallest absolute Gasteiger partial charge is 0.254 e. The molecule has 0 spiro atoms. The lowest BCUT2D eigenvalue weighted by atomic mass is 9.99. The Morgan fingerprint density at radius 3 is 2.95 bits per heavy atom. The van der Waals surface area contributed by atoms with Gasteiger partial charge in [0.05, 0.1) is 0 Å². The number of piperidine rings is 1. The van der Waals surface area contributed by atoms with Crippen molar-refractivity contribution in [1.29, 1.82) is 0 Å². The van der Waals surface area contributed by atoms with Crippen LogP contribution < -0.4 is 5.73 Å². The van der Waals surface area contributed by atoms with Gasteiger partial charge in [0.25, 0.3) is 5.91 Å². The SMILES string of the molecule is Nc1cc(C(=O)N2CCN3CCCCC3C2)cc(Cl)n1. The molecule has 0 saturated carbocycles. The van der Waals surface area contributed by atoms with E-state index in [1.807, 2.05) is 4.90 Å². The number of pyridine rings is 1. The fraction of sp³-hybridized carbons (Fsp3) is 0.571. The van der Waals surface area contributed by atoms with Gasteiger partial charge in [-0.05, 0) is 31.5 Å². The van der Waals surface area contributed by atoms with E-state index in [1.54, 1.807) is 12.1 Å². The van der Waals surface area contributed by atoms with Crippen LogP contribution in [0.5, 0.6) is 0 Å². The van der Waals surface area contributed by atoms with Gasteiger partial charge in [-0.25, -0.2) is 4.98 Å². The first-order chi connectivity index (χ1) is 9.63. The summed E-state index contributed by atoms with van der Waals surface area (Å²) in [6.45, 7) is 3.71. The second-order valence-electron chi connectivity index (χ2n) is 5.54. The summed E-state index contributed by atoms with van der Waals surface area (Å²) in [5.41, 5.74) is 6.19. The van der Waals surface area contributed by atoms with Gasteiger partial charge in [0.2, 0.25) is 0 Å². The number of amides is 1. The van der Waals surface area contributed by atoms with Crippen LogP contribution in [0.3, 0.4) is 0 Å². The van der Waals surface area contributed by atoms with Crippen molar-refractivity contribution in [3.8, 4) is 0 Å². The number of nitrogens with two attached hydrogens (primary N) is 1. The van der Waals surface area contributed by atoms with Crippen LogP contribution in [-0.4, -0.2) is 52.9 Å². The Kier molecular flexibility index (Phi) is 3.81. The molecule has 0 bridgehead atoms. The third kappa shape index (κ3) is 2.74. The summed E-state index contributed by atoms with van der Waals surface area (Å²) in [5.74, 6) is 0.295. The molecule has 1 aromatic rings. The van der Waals surface area contributed by atoms with Gasteiger partial charge in [0.15, 0.2) is 0 Å². The normalized spacial score (nSPS) is 23.4. The van der Waals surface area contributed by atoms with Gasteiger partial charge >= 0.3 is 0 Å². The Morgan fingerprint density at radius 1 is 1.30 bits per heavy atom. The lowest BCUT2D eigenvalue weighted by Crippen LogP contribution is -2.56. The number of rotatable bonds is 1. The van der Waals surface area contributed by atoms with Crippen LogP contribution in [0, 0.1) is 0 Å². The maximum atomic E-state index is 12.5. The zero-order valence-corrected chi connectivity index (χ0v) is 12.1. The second kappa shape index (κ2) is 5.58. The zero-order valence-electron chi connectivity index (χ0n) is 11.4. The minimum Gasteiger partial charge on any atom is -0.384 e. The molecule has 0 aliphatic carbocycles. The summed E-state index contributed by atoms with van der Waals surface area (Å²) >= 11 is 5.87. The molecule has 0 radical (unpaired) electrons. The molecule has 1 aromatic heterocycles.